The van der Waals surface area contributed by atoms with Gasteiger partial charge in [-0.1, -0.05) is 12.1 Å². The molecule has 1 aliphatic rings. The second kappa shape index (κ2) is 7.05. The molecule has 1 unspecified atom stereocenters. The molecular weight excluding hydrogens is 377 g/mol. The average molecular weight is 394 g/mol. The number of halogens is 3. The first-order valence-electron chi connectivity index (χ1n) is 8.61. The van der Waals surface area contributed by atoms with Crippen molar-refractivity contribution in [1.29, 1.82) is 0 Å². The van der Waals surface area contributed by atoms with Gasteiger partial charge >= 0.3 is 6.18 Å². The number of likely N-dealkylation sites (tertiary alicyclic amines) is 1. The van der Waals surface area contributed by atoms with Gasteiger partial charge in [0.2, 0.25) is 0 Å². The van der Waals surface area contributed by atoms with Crippen LogP contribution in [0.5, 0.6) is 0 Å². The van der Waals surface area contributed by atoms with Gasteiger partial charge < -0.3 is 0 Å². The SMILES string of the molecule is O=c1c2ccccc2nc(C2CCCN2Cc2cnsc2)n1CC(F)(F)F. The standard InChI is InChI=1S/C18H17F3N4OS/c19-18(20,21)11-25-16(23-14-5-2-1-4-13(14)17(25)26)15-6-3-7-24(15)9-12-8-22-27-10-12/h1-2,4-5,8,10,15H,3,6-7,9,11H2. The van der Waals surface area contributed by atoms with E-state index in [-0.39, 0.29) is 17.3 Å². The van der Waals surface area contributed by atoms with E-state index in [0.29, 0.717) is 18.5 Å². The molecule has 0 saturated carbocycles. The molecule has 3 heterocycles. The molecule has 0 radical (unpaired) electrons. The Balaban J connectivity index is 1.81. The van der Waals surface area contributed by atoms with Crippen molar-refractivity contribution in [2.45, 2.75) is 38.1 Å². The Bertz CT molecular complexity index is 1000. The highest BCUT2D eigenvalue weighted by molar-refractivity contribution is 7.03. The van der Waals surface area contributed by atoms with E-state index in [1.807, 2.05) is 5.38 Å². The maximum Gasteiger partial charge on any atom is 0.406 e. The second-order valence-electron chi connectivity index (χ2n) is 6.65. The zero-order valence-electron chi connectivity index (χ0n) is 14.3. The van der Waals surface area contributed by atoms with Crippen LogP contribution >= 0.6 is 11.5 Å². The van der Waals surface area contributed by atoms with Gasteiger partial charge in [0.1, 0.15) is 12.4 Å². The summed E-state index contributed by atoms with van der Waals surface area (Å²) < 4.78 is 44.4. The van der Waals surface area contributed by atoms with Crippen LogP contribution in [0.4, 0.5) is 13.2 Å². The van der Waals surface area contributed by atoms with Gasteiger partial charge in [0.15, 0.2) is 0 Å². The molecule has 1 saturated heterocycles. The van der Waals surface area contributed by atoms with Gasteiger partial charge in [-0.2, -0.15) is 13.2 Å². The molecule has 5 nitrogen and oxygen atoms in total. The number of fused-ring (bicyclic) bond motifs is 1. The third-order valence-corrected chi connectivity index (χ3v) is 5.39. The lowest BCUT2D eigenvalue weighted by molar-refractivity contribution is -0.142. The lowest BCUT2D eigenvalue weighted by Gasteiger charge is -2.26. The summed E-state index contributed by atoms with van der Waals surface area (Å²) >= 11 is 1.34. The molecule has 0 amide bonds. The van der Waals surface area contributed by atoms with Crippen molar-refractivity contribution in [1.82, 2.24) is 18.8 Å². The minimum absolute atomic E-state index is 0.191. The summed E-state index contributed by atoms with van der Waals surface area (Å²) in [4.78, 5) is 19.4. The lowest BCUT2D eigenvalue weighted by atomic mass is 10.1. The van der Waals surface area contributed by atoms with Gasteiger partial charge in [-0.15, -0.1) is 0 Å². The van der Waals surface area contributed by atoms with Crippen molar-refractivity contribution in [3.8, 4) is 0 Å². The Labute approximate surface area is 157 Å². The Morgan fingerprint density at radius 1 is 1.26 bits per heavy atom. The van der Waals surface area contributed by atoms with E-state index in [1.54, 1.807) is 24.4 Å². The van der Waals surface area contributed by atoms with Gasteiger partial charge in [0, 0.05) is 18.1 Å². The molecule has 1 aromatic carbocycles. The number of benzene rings is 1. The first-order chi connectivity index (χ1) is 12.9. The summed E-state index contributed by atoms with van der Waals surface area (Å²) in [7, 11) is 0. The van der Waals surface area contributed by atoms with Crippen molar-refractivity contribution in [3.63, 3.8) is 0 Å². The highest BCUT2D eigenvalue weighted by atomic mass is 32.1. The Morgan fingerprint density at radius 2 is 2.07 bits per heavy atom. The predicted octanol–water partition coefficient (Wildman–Crippen LogP) is 3.75. The fourth-order valence-electron chi connectivity index (χ4n) is 3.62. The van der Waals surface area contributed by atoms with Crippen molar-refractivity contribution < 1.29 is 13.2 Å². The predicted molar refractivity (Wildman–Crippen MR) is 96.6 cm³/mol. The van der Waals surface area contributed by atoms with Crippen LogP contribution in [0.25, 0.3) is 10.9 Å². The Kier molecular flexibility index (Phi) is 4.73. The molecule has 0 aliphatic carbocycles. The molecular formula is C18H17F3N4OS. The van der Waals surface area contributed by atoms with Gasteiger partial charge in [-0.05, 0) is 48.6 Å². The monoisotopic (exact) mass is 394 g/mol. The van der Waals surface area contributed by atoms with Crippen LogP contribution < -0.4 is 5.56 Å². The molecule has 3 aromatic rings. The number of aromatic nitrogens is 3. The first-order valence-corrected chi connectivity index (χ1v) is 9.44. The van der Waals surface area contributed by atoms with Gasteiger partial charge in [-0.25, -0.2) is 9.36 Å². The zero-order valence-corrected chi connectivity index (χ0v) is 15.1. The molecule has 0 N–H and O–H groups in total. The summed E-state index contributed by atoms with van der Waals surface area (Å²) in [6, 6.07) is 6.22. The topological polar surface area (TPSA) is 51.0 Å². The molecule has 2 aromatic heterocycles. The van der Waals surface area contributed by atoms with E-state index >= 15 is 0 Å². The third-order valence-electron chi connectivity index (χ3n) is 4.76. The summed E-state index contributed by atoms with van der Waals surface area (Å²) in [6.07, 6.45) is -1.22. The van der Waals surface area contributed by atoms with Crippen LogP contribution in [0.2, 0.25) is 0 Å². The average Bonchev–Trinajstić information content (AvgIpc) is 3.29. The van der Waals surface area contributed by atoms with E-state index < -0.39 is 18.3 Å². The molecule has 1 fully saturated rings. The van der Waals surface area contributed by atoms with E-state index in [9.17, 15) is 18.0 Å². The number of hydrogen-bond acceptors (Lipinski definition) is 5. The largest absolute Gasteiger partial charge is 0.406 e. The van der Waals surface area contributed by atoms with Gasteiger partial charge in [0.25, 0.3) is 5.56 Å². The third kappa shape index (κ3) is 3.74. The fourth-order valence-corrected chi connectivity index (χ4v) is 4.15. The van der Waals surface area contributed by atoms with Crippen LogP contribution in [0.15, 0.2) is 40.6 Å². The van der Waals surface area contributed by atoms with Gasteiger partial charge in [0.05, 0.1) is 16.9 Å². The number of para-hydroxylation sites is 1. The normalized spacial score (nSPS) is 18.4. The quantitative estimate of drug-likeness (QED) is 0.676. The molecule has 4 rings (SSSR count). The minimum atomic E-state index is -4.50. The summed E-state index contributed by atoms with van der Waals surface area (Å²) in [5.74, 6) is 0.191. The summed E-state index contributed by atoms with van der Waals surface area (Å²) in [5, 5.41) is 2.13. The number of nitrogens with zero attached hydrogens (tertiary/aromatic N) is 4. The van der Waals surface area contributed by atoms with Crippen LogP contribution in [0.1, 0.15) is 30.3 Å². The lowest BCUT2D eigenvalue weighted by Crippen LogP contribution is -2.35. The van der Waals surface area contributed by atoms with E-state index in [4.69, 9.17) is 0 Å². The van der Waals surface area contributed by atoms with E-state index in [0.717, 1.165) is 23.1 Å². The molecule has 27 heavy (non-hydrogen) atoms. The fraction of sp³-hybridized carbons (Fsp3) is 0.389. The van der Waals surface area contributed by atoms with Crippen LogP contribution in [-0.2, 0) is 13.1 Å². The molecule has 0 bridgehead atoms. The molecule has 142 valence electrons. The van der Waals surface area contributed by atoms with Gasteiger partial charge in [-0.3, -0.25) is 14.3 Å². The molecule has 0 spiro atoms. The number of alkyl halides is 3. The summed E-state index contributed by atoms with van der Waals surface area (Å²) in [5.41, 5.74) is 0.800. The van der Waals surface area contributed by atoms with E-state index in [2.05, 4.69) is 14.3 Å². The molecule has 9 heteroatoms. The highest BCUT2D eigenvalue weighted by Crippen LogP contribution is 2.33. The van der Waals surface area contributed by atoms with Crippen LogP contribution in [0, 0.1) is 0 Å². The van der Waals surface area contributed by atoms with E-state index in [1.165, 1.54) is 17.6 Å². The Morgan fingerprint density at radius 3 is 2.81 bits per heavy atom. The molecule has 1 atom stereocenters. The smallest absolute Gasteiger partial charge is 0.289 e. The number of rotatable bonds is 4. The maximum atomic E-state index is 13.2. The minimum Gasteiger partial charge on any atom is -0.289 e. The van der Waals surface area contributed by atoms with Crippen molar-refractivity contribution in [2.24, 2.45) is 0 Å². The van der Waals surface area contributed by atoms with Crippen molar-refractivity contribution >= 4 is 22.4 Å². The maximum absolute atomic E-state index is 13.2. The second-order valence-corrected chi connectivity index (χ2v) is 7.31. The highest BCUT2D eigenvalue weighted by Gasteiger charge is 2.35. The number of hydrogen-bond donors (Lipinski definition) is 0. The van der Waals surface area contributed by atoms with Crippen LogP contribution in [0.3, 0.4) is 0 Å². The zero-order chi connectivity index (χ0) is 19.0. The van der Waals surface area contributed by atoms with Crippen LogP contribution in [-0.4, -0.2) is 31.5 Å². The van der Waals surface area contributed by atoms with Crippen molar-refractivity contribution in [3.05, 3.63) is 57.6 Å². The summed E-state index contributed by atoms with van der Waals surface area (Å²) in [6.45, 7) is -0.00550. The Hall–Kier alpha value is -2.26. The molecule has 1 aliphatic heterocycles. The van der Waals surface area contributed by atoms with Crippen molar-refractivity contribution in [2.75, 3.05) is 6.54 Å². The first kappa shape index (κ1) is 18.1.